The van der Waals surface area contributed by atoms with E-state index in [2.05, 4.69) is 10.2 Å². The number of anilines is 1. The number of hydrogen-bond donors (Lipinski definition) is 1. The first-order chi connectivity index (χ1) is 12.0. The van der Waals surface area contributed by atoms with Crippen molar-refractivity contribution in [3.63, 3.8) is 0 Å². The summed E-state index contributed by atoms with van der Waals surface area (Å²) < 4.78 is 40.3. The van der Waals surface area contributed by atoms with Gasteiger partial charge in [0.1, 0.15) is 12.1 Å². The Bertz CT molecular complexity index is 771. The molecule has 6 heteroatoms. The van der Waals surface area contributed by atoms with Crippen LogP contribution in [0.25, 0.3) is 11.1 Å². The second kappa shape index (κ2) is 6.88. The van der Waals surface area contributed by atoms with E-state index in [0.29, 0.717) is 18.1 Å². The van der Waals surface area contributed by atoms with Gasteiger partial charge in [0.05, 0.1) is 5.54 Å². The summed E-state index contributed by atoms with van der Waals surface area (Å²) >= 11 is 0. The van der Waals surface area contributed by atoms with Crippen molar-refractivity contribution in [3.05, 3.63) is 53.8 Å². The van der Waals surface area contributed by atoms with Crippen LogP contribution in [0, 0.1) is 17.5 Å². The molecule has 1 aliphatic heterocycles. The van der Waals surface area contributed by atoms with Gasteiger partial charge in [-0.05, 0) is 37.2 Å². The fraction of sp³-hybridized carbons (Fsp3) is 0.316. The summed E-state index contributed by atoms with van der Waals surface area (Å²) in [5.74, 6) is -3.06. The monoisotopic (exact) mass is 348 g/mol. The number of hydrogen-bond acceptors (Lipinski definition) is 3. The van der Waals surface area contributed by atoms with Crippen LogP contribution in [-0.2, 0) is 4.79 Å². The van der Waals surface area contributed by atoms with Crippen LogP contribution in [0.3, 0.4) is 0 Å². The predicted octanol–water partition coefficient (Wildman–Crippen LogP) is 3.53. The Hall–Kier alpha value is -2.34. The minimum Gasteiger partial charge on any atom is -0.368 e. The number of carbonyl (C=O) groups excluding carboxylic acids is 1. The fourth-order valence-electron chi connectivity index (χ4n) is 3.24. The molecule has 2 aromatic carbocycles. The summed E-state index contributed by atoms with van der Waals surface area (Å²) in [6, 6.07) is 8.47. The fourth-order valence-corrected chi connectivity index (χ4v) is 3.24. The van der Waals surface area contributed by atoms with Gasteiger partial charge in [-0.2, -0.15) is 0 Å². The van der Waals surface area contributed by atoms with Crippen LogP contribution >= 0.6 is 0 Å². The average molecular weight is 348 g/mol. The van der Waals surface area contributed by atoms with Gasteiger partial charge in [-0.15, -0.1) is 0 Å². The molecule has 0 amide bonds. The van der Waals surface area contributed by atoms with E-state index in [1.807, 2.05) is 19.2 Å². The van der Waals surface area contributed by atoms with Gasteiger partial charge < -0.3 is 15.0 Å². The molecule has 0 bridgehead atoms. The Kier molecular flexibility index (Phi) is 4.81. The van der Waals surface area contributed by atoms with Crippen LogP contribution in [-0.4, -0.2) is 32.0 Å². The molecule has 0 radical (unpaired) electrons. The molecule has 2 aromatic rings. The van der Waals surface area contributed by atoms with Gasteiger partial charge in [-0.25, -0.2) is 13.2 Å². The Morgan fingerprint density at radius 2 is 1.72 bits per heavy atom. The van der Waals surface area contributed by atoms with E-state index in [4.69, 9.17) is 0 Å². The molecule has 25 heavy (non-hydrogen) atoms. The molecular weight excluding hydrogens is 329 g/mol. The smallest absolute Gasteiger partial charge is 0.161 e. The maximum atomic E-state index is 13.9. The molecule has 0 aromatic heterocycles. The molecule has 0 aliphatic carbocycles. The van der Waals surface area contributed by atoms with E-state index in [9.17, 15) is 18.0 Å². The SMILES string of the molecule is CNC1(CCC=O)CN(c2ccc(-c3cc(F)c(F)cc3F)cc2)C1. The third-order valence-corrected chi connectivity index (χ3v) is 4.81. The Morgan fingerprint density at radius 1 is 1.08 bits per heavy atom. The topological polar surface area (TPSA) is 32.3 Å². The van der Waals surface area contributed by atoms with Crippen molar-refractivity contribution in [2.75, 3.05) is 25.0 Å². The van der Waals surface area contributed by atoms with Gasteiger partial charge in [0, 0.05) is 36.8 Å². The number of likely N-dealkylation sites (N-methyl/N-ethyl adjacent to an activating group) is 1. The van der Waals surface area contributed by atoms with Crippen molar-refractivity contribution < 1.29 is 18.0 Å². The van der Waals surface area contributed by atoms with Crippen LogP contribution in [0.4, 0.5) is 18.9 Å². The second-order valence-electron chi connectivity index (χ2n) is 6.38. The maximum Gasteiger partial charge on any atom is 0.161 e. The highest BCUT2D eigenvalue weighted by Crippen LogP contribution is 2.33. The highest BCUT2D eigenvalue weighted by atomic mass is 19.2. The van der Waals surface area contributed by atoms with Gasteiger partial charge in [0.2, 0.25) is 0 Å². The molecular formula is C19H19F3N2O. The van der Waals surface area contributed by atoms with Crippen LogP contribution < -0.4 is 10.2 Å². The zero-order valence-corrected chi connectivity index (χ0v) is 13.9. The molecule has 1 aliphatic rings. The minimum atomic E-state index is -1.20. The molecule has 0 atom stereocenters. The molecule has 0 saturated carbocycles. The second-order valence-corrected chi connectivity index (χ2v) is 6.38. The molecule has 0 unspecified atom stereocenters. The summed E-state index contributed by atoms with van der Waals surface area (Å²) in [4.78, 5) is 12.7. The lowest BCUT2D eigenvalue weighted by Gasteiger charge is -2.51. The number of nitrogens with one attached hydrogen (secondary N) is 1. The molecule has 1 heterocycles. The van der Waals surface area contributed by atoms with Gasteiger partial charge in [0.15, 0.2) is 11.6 Å². The third-order valence-electron chi connectivity index (χ3n) is 4.81. The van der Waals surface area contributed by atoms with Gasteiger partial charge in [-0.1, -0.05) is 12.1 Å². The van der Waals surface area contributed by atoms with Gasteiger partial charge in [0.25, 0.3) is 0 Å². The van der Waals surface area contributed by atoms with E-state index in [0.717, 1.165) is 37.6 Å². The number of aldehydes is 1. The molecule has 132 valence electrons. The van der Waals surface area contributed by atoms with Crippen molar-refractivity contribution in [2.24, 2.45) is 0 Å². The number of carbonyl (C=O) groups is 1. The molecule has 1 saturated heterocycles. The largest absolute Gasteiger partial charge is 0.368 e. The minimum absolute atomic E-state index is 0.0321. The average Bonchev–Trinajstić information content (AvgIpc) is 2.58. The molecule has 3 nitrogen and oxygen atoms in total. The summed E-state index contributed by atoms with van der Waals surface area (Å²) in [5, 5.41) is 3.28. The Labute approximate surface area is 144 Å². The number of halogens is 3. The van der Waals surface area contributed by atoms with E-state index in [1.54, 1.807) is 12.1 Å². The maximum absolute atomic E-state index is 13.9. The highest BCUT2D eigenvalue weighted by Gasteiger charge is 2.41. The first-order valence-electron chi connectivity index (χ1n) is 8.10. The molecule has 1 N–H and O–H groups in total. The standard InChI is InChI=1S/C19H19F3N2O/c1-23-19(7-2-8-25)11-24(12-19)14-5-3-13(4-6-14)15-9-17(21)18(22)10-16(15)20/h3-6,8-10,23H,2,7,11-12H2,1H3. The normalized spacial score (nSPS) is 15.8. The number of rotatable bonds is 6. The third kappa shape index (κ3) is 3.39. The van der Waals surface area contributed by atoms with E-state index in [1.165, 1.54) is 0 Å². The van der Waals surface area contributed by atoms with Crippen LogP contribution in [0.1, 0.15) is 12.8 Å². The lowest BCUT2D eigenvalue weighted by Crippen LogP contribution is -2.68. The number of benzene rings is 2. The summed E-state index contributed by atoms with van der Waals surface area (Å²) in [6.45, 7) is 1.55. The van der Waals surface area contributed by atoms with Gasteiger partial charge >= 0.3 is 0 Å². The summed E-state index contributed by atoms with van der Waals surface area (Å²) in [5.41, 5.74) is 1.42. The summed E-state index contributed by atoms with van der Waals surface area (Å²) in [6.07, 6.45) is 2.22. The lowest BCUT2D eigenvalue weighted by atomic mass is 9.84. The van der Waals surface area contributed by atoms with E-state index < -0.39 is 17.5 Å². The van der Waals surface area contributed by atoms with Crippen LogP contribution in [0.2, 0.25) is 0 Å². The lowest BCUT2D eigenvalue weighted by molar-refractivity contribution is -0.108. The van der Waals surface area contributed by atoms with Crippen molar-refractivity contribution in [1.82, 2.24) is 5.32 Å². The van der Waals surface area contributed by atoms with Gasteiger partial charge in [-0.3, -0.25) is 0 Å². The predicted molar refractivity (Wildman–Crippen MR) is 91.1 cm³/mol. The molecule has 0 spiro atoms. The van der Waals surface area contributed by atoms with Crippen molar-refractivity contribution >= 4 is 12.0 Å². The zero-order chi connectivity index (χ0) is 18.0. The summed E-state index contributed by atoms with van der Waals surface area (Å²) in [7, 11) is 1.89. The first-order valence-corrected chi connectivity index (χ1v) is 8.10. The molecule has 3 rings (SSSR count). The molecule has 1 fully saturated rings. The quantitative estimate of drug-likeness (QED) is 0.640. The zero-order valence-electron chi connectivity index (χ0n) is 13.9. The highest BCUT2D eigenvalue weighted by molar-refractivity contribution is 5.67. The van der Waals surface area contributed by atoms with Crippen LogP contribution in [0.15, 0.2) is 36.4 Å². The van der Waals surface area contributed by atoms with Crippen LogP contribution in [0.5, 0.6) is 0 Å². The van der Waals surface area contributed by atoms with E-state index in [-0.39, 0.29) is 11.1 Å². The Morgan fingerprint density at radius 3 is 2.32 bits per heavy atom. The van der Waals surface area contributed by atoms with Crippen molar-refractivity contribution in [1.29, 1.82) is 0 Å². The Balaban J connectivity index is 1.74. The van der Waals surface area contributed by atoms with Crippen molar-refractivity contribution in [3.8, 4) is 11.1 Å². The number of nitrogens with zero attached hydrogens (tertiary/aromatic N) is 1. The van der Waals surface area contributed by atoms with Crippen molar-refractivity contribution in [2.45, 2.75) is 18.4 Å². The first kappa shape index (κ1) is 17.5. The van der Waals surface area contributed by atoms with E-state index >= 15 is 0 Å².